The van der Waals surface area contributed by atoms with Gasteiger partial charge in [-0.2, -0.15) is 0 Å². The highest BCUT2D eigenvalue weighted by atomic mass is 19.3. The summed E-state index contributed by atoms with van der Waals surface area (Å²) >= 11 is 0. The molecule has 0 amide bonds. The predicted octanol–water partition coefficient (Wildman–Crippen LogP) is 2.62. The van der Waals surface area contributed by atoms with Gasteiger partial charge in [-0.3, -0.25) is 0 Å². The lowest BCUT2D eigenvalue weighted by Crippen LogP contribution is -2.37. The molecule has 0 aliphatic carbocycles. The Hall–Kier alpha value is -0.180. The molecule has 1 nitrogen and oxygen atoms in total. The van der Waals surface area contributed by atoms with E-state index in [0.29, 0.717) is 18.8 Å². The van der Waals surface area contributed by atoms with Gasteiger partial charge in [0, 0.05) is 12.5 Å². The number of hydrogen-bond donors (Lipinski definition) is 0. The summed E-state index contributed by atoms with van der Waals surface area (Å²) in [6.45, 7) is 7.09. The van der Waals surface area contributed by atoms with Gasteiger partial charge in [0.15, 0.2) is 0 Å². The van der Waals surface area contributed by atoms with E-state index in [-0.39, 0.29) is 5.92 Å². The van der Waals surface area contributed by atoms with Crippen LogP contribution < -0.4 is 0 Å². The lowest BCUT2D eigenvalue weighted by Gasteiger charge is -2.32. The molecule has 0 spiro atoms. The third kappa shape index (κ3) is 3.59. The minimum Gasteiger partial charge on any atom is -0.303 e. The van der Waals surface area contributed by atoms with E-state index in [9.17, 15) is 8.78 Å². The molecule has 1 aliphatic rings. The second-order valence-electron chi connectivity index (χ2n) is 4.37. The van der Waals surface area contributed by atoms with Crippen LogP contribution in [0.1, 0.15) is 26.7 Å². The van der Waals surface area contributed by atoms with Crippen LogP contribution >= 0.6 is 0 Å². The first kappa shape index (κ1) is 10.9. The van der Waals surface area contributed by atoms with Gasteiger partial charge in [0.2, 0.25) is 6.43 Å². The monoisotopic (exact) mass is 191 g/mol. The van der Waals surface area contributed by atoms with Crippen molar-refractivity contribution in [1.29, 1.82) is 0 Å². The molecule has 1 rings (SSSR count). The number of likely N-dealkylation sites (tertiary alicyclic amines) is 1. The molecule has 13 heavy (non-hydrogen) atoms. The van der Waals surface area contributed by atoms with Crippen LogP contribution in [0.15, 0.2) is 0 Å². The molecular formula is C10H19F2N. The summed E-state index contributed by atoms with van der Waals surface area (Å²) in [5.41, 5.74) is 0. The zero-order valence-corrected chi connectivity index (χ0v) is 8.47. The van der Waals surface area contributed by atoms with Crippen LogP contribution in [0.3, 0.4) is 0 Å². The van der Waals surface area contributed by atoms with Gasteiger partial charge in [0.1, 0.15) is 0 Å². The first-order valence-corrected chi connectivity index (χ1v) is 5.10. The zero-order valence-electron chi connectivity index (χ0n) is 8.47. The van der Waals surface area contributed by atoms with Crippen LogP contribution in [0.2, 0.25) is 0 Å². The average Bonchev–Trinajstić information content (AvgIpc) is 2.04. The predicted molar refractivity (Wildman–Crippen MR) is 50.0 cm³/mol. The number of halogens is 2. The molecule has 0 aromatic heterocycles. The second-order valence-corrected chi connectivity index (χ2v) is 4.37. The quantitative estimate of drug-likeness (QED) is 0.663. The van der Waals surface area contributed by atoms with Gasteiger partial charge < -0.3 is 4.90 Å². The molecule has 1 fully saturated rings. The molecule has 1 heterocycles. The molecule has 0 bridgehead atoms. The van der Waals surface area contributed by atoms with Gasteiger partial charge >= 0.3 is 0 Å². The number of alkyl halides is 2. The fourth-order valence-corrected chi connectivity index (χ4v) is 1.90. The van der Waals surface area contributed by atoms with E-state index in [0.717, 1.165) is 19.6 Å². The topological polar surface area (TPSA) is 3.24 Å². The number of rotatable bonds is 3. The molecule has 1 aliphatic heterocycles. The summed E-state index contributed by atoms with van der Waals surface area (Å²) in [5.74, 6) is 0.298. The maximum Gasteiger partial charge on any atom is 0.241 e. The minimum absolute atomic E-state index is 0.344. The Balaban J connectivity index is 2.22. The number of piperidine rings is 1. The molecule has 0 N–H and O–H groups in total. The molecule has 78 valence electrons. The van der Waals surface area contributed by atoms with Crippen LogP contribution in [0.5, 0.6) is 0 Å². The van der Waals surface area contributed by atoms with Crippen molar-refractivity contribution >= 4 is 0 Å². The molecule has 0 aromatic rings. The summed E-state index contributed by atoms with van der Waals surface area (Å²) in [6, 6.07) is 0. The molecule has 0 atom stereocenters. The summed E-state index contributed by atoms with van der Waals surface area (Å²) in [6.07, 6.45) is -0.768. The van der Waals surface area contributed by atoms with Crippen molar-refractivity contribution in [3.05, 3.63) is 0 Å². The molecule has 0 radical (unpaired) electrons. The highest BCUT2D eigenvalue weighted by molar-refractivity contribution is 4.74. The maximum atomic E-state index is 12.3. The number of hydrogen-bond acceptors (Lipinski definition) is 1. The molecule has 0 aromatic carbocycles. The van der Waals surface area contributed by atoms with E-state index >= 15 is 0 Å². The van der Waals surface area contributed by atoms with Crippen molar-refractivity contribution in [2.45, 2.75) is 33.1 Å². The van der Waals surface area contributed by atoms with Crippen LogP contribution in [0.25, 0.3) is 0 Å². The van der Waals surface area contributed by atoms with Crippen molar-refractivity contribution in [3.63, 3.8) is 0 Å². The molecular weight excluding hydrogens is 172 g/mol. The van der Waals surface area contributed by atoms with E-state index in [1.165, 1.54) is 0 Å². The zero-order chi connectivity index (χ0) is 9.84. The van der Waals surface area contributed by atoms with Crippen molar-refractivity contribution < 1.29 is 8.78 Å². The summed E-state index contributed by atoms with van der Waals surface area (Å²) in [7, 11) is 0. The van der Waals surface area contributed by atoms with Gasteiger partial charge in [-0.25, -0.2) is 8.78 Å². The fourth-order valence-electron chi connectivity index (χ4n) is 1.90. The molecule has 0 unspecified atom stereocenters. The Morgan fingerprint density at radius 3 is 2.15 bits per heavy atom. The maximum absolute atomic E-state index is 12.3. The van der Waals surface area contributed by atoms with Crippen molar-refractivity contribution in [2.75, 3.05) is 19.6 Å². The summed E-state index contributed by atoms with van der Waals surface area (Å²) in [4.78, 5) is 2.30. The van der Waals surface area contributed by atoms with Crippen LogP contribution in [-0.4, -0.2) is 31.0 Å². The highest BCUT2D eigenvalue weighted by Crippen LogP contribution is 2.23. The Labute approximate surface area is 79.1 Å². The minimum atomic E-state index is -2.11. The normalized spacial score (nSPS) is 21.7. The first-order chi connectivity index (χ1) is 6.09. The third-order valence-electron chi connectivity index (χ3n) is 2.61. The standard InChI is InChI=1S/C10H19F2N/c1-8(2)7-13-5-3-9(4-6-13)10(11)12/h8-10H,3-7H2,1-2H3. The summed E-state index contributed by atoms with van der Waals surface area (Å²) in [5, 5.41) is 0. The molecule has 1 saturated heterocycles. The Morgan fingerprint density at radius 2 is 1.77 bits per heavy atom. The Morgan fingerprint density at radius 1 is 1.23 bits per heavy atom. The van der Waals surface area contributed by atoms with Crippen molar-refractivity contribution in [1.82, 2.24) is 4.90 Å². The SMILES string of the molecule is CC(C)CN1CCC(C(F)F)CC1. The van der Waals surface area contributed by atoms with Gasteiger partial charge in [-0.1, -0.05) is 13.8 Å². The largest absolute Gasteiger partial charge is 0.303 e. The average molecular weight is 191 g/mol. The van der Waals surface area contributed by atoms with Crippen molar-refractivity contribution in [3.8, 4) is 0 Å². The van der Waals surface area contributed by atoms with Crippen LogP contribution in [0.4, 0.5) is 8.78 Å². The van der Waals surface area contributed by atoms with Crippen LogP contribution in [-0.2, 0) is 0 Å². The van der Waals surface area contributed by atoms with E-state index in [1.807, 2.05) is 0 Å². The fraction of sp³-hybridized carbons (Fsp3) is 1.00. The Kier molecular flexibility index (Phi) is 4.10. The van der Waals surface area contributed by atoms with Gasteiger partial charge in [-0.15, -0.1) is 0 Å². The first-order valence-electron chi connectivity index (χ1n) is 5.10. The molecule has 0 saturated carbocycles. The van der Waals surface area contributed by atoms with E-state index < -0.39 is 6.43 Å². The lowest BCUT2D eigenvalue weighted by molar-refractivity contribution is 0.0329. The highest BCUT2D eigenvalue weighted by Gasteiger charge is 2.25. The van der Waals surface area contributed by atoms with Crippen molar-refractivity contribution in [2.24, 2.45) is 11.8 Å². The third-order valence-corrected chi connectivity index (χ3v) is 2.61. The molecule has 3 heteroatoms. The number of nitrogens with zero attached hydrogens (tertiary/aromatic N) is 1. The summed E-state index contributed by atoms with van der Waals surface area (Å²) < 4.78 is 24.6. The second kappa shape index (κ2) is 4.89. The van der Waals surface area contributed by atoms with Gasteiger partial charge in [0.25, 0.3) is 0 Å². The van der Waals surface area contributed by atoms with E-state index in [2.05, 4.69) is 18.7 Å². The Bertz CT molecular complexity index is 140. The van der Waals surface area contributed by atoms with Gasteiger partial charge in [0.05, 0.1) is 0 Å². The smallest absolute Gasteiger partial charge is 0.241 e. The van der Waals surface area contributed by atoms with E-state index in [1.54, 1.807) is 0 Å². The van der Waals surface area contributed by atoms with Gasteiger partial charge in [-0.05, 0) is 31.8 Å². The van der Waals surface area contributed by atoms with Crippen LogP contribution in [0, 0.1) is 11.8 Å². The lowest BCUT2D eigenvalue weighted by atomic mass is 9.97. The van der Waals surface area contributed by atoms with E-state index in [4.69, 9.17) is 0 Å².